The number of aromatic nitrogens is 4. The Kier molecular flexibility index (Phi) is 6.29. The van der Waals surface area contributed by atoms with E-state index in [1.54, 1.807) is 25.1 Å². The van der Waals surface area contributed by atoms with Gasteiger partial charge in [-0.2, -0.15) is 9.57 Å². The quantitative estimate of drug-likeness (QED) is 0.338. The third-order valence-corrected chi connectivity index (χ3v) is 8.50. The Balaban J connectivity index is 1.33. The van der Waals surface area contributed by atoms with Crippen LogP contribution in [0.15, 0.2) is 35.5 Å². The van der Waals surface area contributed by atoms with Crippen molar-refractivity contribution < 1.29 is 18.1 Å². The number of aryl methyl sites for hydroxylation is 2. The number of hydrogen-bond donors (Lipinski definition) is 0. The predicted molar refractivity (Wildman–Crippen MR) is 134 cm³/mol. The minimum atomic E-state index is -3.81. The van der Waals surface area contributed by atoms with Gasteiger partial charge in [0.1, 0.15) is 11.8 Å². The molecular weight excluding hydrogens is 514 g/mol. The lowest BCUT2D eigenvalue weighted by Crippen LogP contribution is -2.49. The van der Waals surface area contributed by atoms with E-state index in [1.807, 2.05) is 11.0 Å². The SMILES string of the molecule is Cc1cc(C#N)nc(N2CCN(S(=O)(=O)c3ccc4c(c3)CCN4C(=O)c3c([N+](=O)[O-])ncn3C)CC2)n1. The first kappa shape index (κ1) is 25.2. The number of benzene rings is 1. The number of nitriles is 1. The van der Waals surface area contributed by atoms with Gasteiger partial charge >= 0.3 is 5.82 Å². The van der Waals surface area contributed by atoms with Gasteiger partial charge in [-0.15, -0.1) is 0 Å². The van der Waals surface area contributed by atoms with E-state index < -0.39 is 26.7 Å². The summed E-state index contributed by atoms with van der Waals surface area (Å²) >= 11 is 0. The molecule has 2 aliphatic rings. The topological polar surface area (TPSA) is 171 Å². The monoisotopic (exact) mass is 537 g/mol. The van der Waals surface area contributed by atoms with E-state index in [2.05, 4.69) is 15.0 Å². The zero-order valence-electron chi connectivity index (χ0n) is 20.6. The smallest absolute Gasteiger partial charge is 0.358 e. The summed E-state index contributed by atoms with van der Waals surface area (Å²) in [5.41, 5.74) is 1.95. The maximum atomic E-state index is 13.4. The largest absolute Gasteiger partial charge is 0.394 e. The van der Waals surface area contributed by atoms with Crippen molar-refractivity contribution in [1.82, 2.24) is 23.8 Å². The molecule has 4 heterocycles. The fourth-order valence-corrected chi connectivity index (χ4v) is 6.18. The number of carbonyl (C=O) groups excluding carboxylic acids is 1. The molecule has 0 spiro atoms. The van der Waals surface area contributed by atoms with Gasteiger partial charge in [0, 0.05) is 51.2 Å². The molecule has 1 amide bonds. The second-order valence-corrected chi connectivity index (χ2v) is 10.9. The molecule has 1 fully saturated rings. The van der Waals surface area contributed by atoms with Crippen LogP contribution in [0.4, 0.5) is 17.5 Å². The normalized spacial score (nSPS) is 15.8. The summed E-state index contributed by atoms with van der Waals surface area (Å²) in [5.74, 6) is -0.696. The number of nitrogens with zero attached hydrogens (tertiary/aromatic N) is 9. The number of amides is 1. The molecule has 0 atom stereocenters. The fourth-order valence-electron chi connectivity index (χ4n) is 4.70. The lowest BCUT2D eigenvalue weighted by atomic mass is 10.2. The first-order valence-electron chi connectivity index (χ1n) is 11.7. The molecule has 1 saturated heterocycles. The molecule has 0 bridgehead atoms. The summed E-state index contributed by atoms with van der Waals surface area (Å²) in [4.78, 5) is 39.5. The summed E-state index contributed by atoms with van der Waals surface area (Å²) in [6.45, 7) is 3.20. The van der Waals surface area contributed by atoms with Crippen molar-refractivity contribution in [3.8, 4) is 6.07 Å². The molecule has 2 aromatic heterocycles. The van der Waals surface area contributed by atoms with Gasteiger partial charge in [-0.05, 0) is 53.1 Å². The summed E-state index contributed by atoms with van der Waals surface area (Å²) in [5, 5.41) is 20.5. The number of imidazole rings is 1. The molecule has 196 valence electrons. The van der Waals surface area contributed by atoms with Crippen LogP contribution < -0.4 is 9.80 Å². The van der Waals surface area contributed by atoms with Gasteiger partial charge < -0.3 is 24.5 Å². The van der Waals surface area contributed by atoms with Gasteiger partial charge in [-0.3, -0.25) is 4.79 Å². The third-order valence-electron chi connectivity index (χ3n) is 6.60. The Hall–Kier alpha value is -4.42. The highest BCUT2D eigenvalue weighted by atomic mass is 32.2. The average Bonchev–Trinajstić information content (AvgIpc) is 3.51. The van der Waals surface area contributed by atoms with Crippen LogP contribution in [-0.2, 0) is 23.5 Å². The maximum Gasteiger partial charge on any atom is 0.394 e. The lowest BCUT2D eigenvalue weighted by Gasteiger charge is -2.34. The molecule has 15 heteroatoms. The molecule has 0 unspecified atom stereocenters. The van der Waals surface area contributed by atoms with Gasteiger partial charge in [-0.25, -0.2) is 18.4 Å². The van der Waals surface area contributed by atoms with Crippen molar-refractivity contribution in [3.63, 3.8) is 0 Å². The zero-order chi connectivity index (χ0) is 27.2. The number of piperazine rings is 1. The molecule has 0 N–H and O–H groups in total. The standard InChI is InChI=1S/C23H23N9O5S/c1-15-11-17(13-24)27-23(26-15)29-7-9-30(10-8-29)38(36,37)18-3-4-19-16(12-18)5-6-31(19)22(33)20-21(32(34)35)25-14-28(20)2/h3-4,11-12,14H,5-10H2,1-2H3. The minimum absolute atomic E-state index is 0.115. The molecule has 3 aromatic rings. The predicted octanol–water partition coefficient (Wildman–Crippen LogP) is 1.01. The van der Waals surface area contributed by atoms with E-state index in [9.17, 15) is 23.3 Å². The molecule has 1 aromatic carbocycles. The second-order valence-electron chi connectivity index (χ2n) is 8.98. The molecule has 38 heavy (non-hydrogen) atoms. The van der Waals surface area contributed by atoms with E-state index in [0.29, 0.717) is 42.4 Å². The molecular formula is C23H23N9O5S. The van der Waals surface area contributed by atoms with Crippen LogP contribution in [0.5, 0.6) is 0 Å². The van der Waals surface area contributed by atoms with Gasteiger partial charge in [0.15, 0.2) is 0 Å². The molecule has 0 aliphatic carbocycles. The number of carbonyl (C=O) groups is 1. The summed E-state index contributed by atoms with van der Waals surface area (Å²) in [6, 6.07) is 8.17. The van der Waals surface area contributed by atoms with Crippen LogP contribution in [-0.4, -0.2) is 75.8 Å². The van der Waals surface area contributed by atoms with Crippen LogP contribution in [0.2, 0.25) is 0 Å². The molecule has 5 rings (SSSR count). The number of fused-ring (bicyclic) bond motifs is 1. The lowest BCUT2D eigenvalue weighted by molar-refractivity contribution is -0.389. The number of anilines is 2. The Morgan fingerprint density at radius 1 is 1.13 bits per heavy atom. The van der Waals surface area contributed by atoms with Crippen molar-refractivity contribution in [2.75, 3.05) is 42.5 Å². The van der Waals surface area contributed by atoms with E-state index in [4.69, 9.17) is 5.26 Å². The van der Waals surface area contributed by atoms with Crippen LogP contribution in [0.1, 0.15) is 27.4 Å². The first-order chi connectivity index (χ1) is 18.1. The fraction of sp³-hybridized carbons (Fsp3) is 0.348. The molecule has 0 saturated carbocycles. The Morgan fingerprint density at radius 3 is 2.55 bits per heavy atom. The highest BCUT2D eigenvalue weighted by Gasteiger charge is 2.35. The van der Waals surface area contributed by atoms with Crippen molar-refractivity contribution in [1.29, 1.82) is 5.26 Å². The average molecular weight is 538 g/mol. The number of hydrogen-bond acceptors (Lipinski definition) is 10. The second kappa shape index (κ2) is 9.47. The van der Waals surface area contributed by atoms with Crippen molar-refractivity contribution >= 4 is 33.4 Å². The van der Waals surface area contributed by atoms with Gasteiger partial charge in [-0.1, -0.05) is 0 Å². The zero-order valence-corrected chi connectivity index (χ0v) is 21.4. The molecule has 0 radical (unpaired) electrons. The summed E-state index contributed by atoms with van der Waals surface area (Å²) in [6.07, 6.45) is 1.63. The van der Waals surface area contributed by atoms with E-state index in [-0.39, 0.29) is 35.9 Å². The highest BCUT2D eigenvalue weighted by Crippen LogP contribution is 2.33. The number of nitro groups is 1. The van der Waals surface area contributed by atoms with E-state index in [0.717, 1.165) is 0 Å². The van der Waals surface area contributed by atoms with Crippen LogP contribution in [0.3, 0.4) is 0 Å². The van der Waals surface area contributed by atoms with Crippen molar-refractivity contribution in [2.24, 2.45) is 7.05 Å². The Bertz CT molecular complexity index is 1600. The maximum absolute atomic E-state index is 13.4. The molecule has 2 aliphatic heterocycles. The molecule has 14 nitrogen and oxygen atoms in total. The third kappa shape index (κ3) is 4.33. The van der Waals surface area contributed by atoms with E-state index in [1.165, 1.54) is 33.2 Å². The Morgan fingerprint density at radius 2 is 1.87 bits per heavy atom. The first-order valence-corrected chi connectivity index (χ1v) is 13.2. The number of rotatable bonds is 5. The number of sulfonamides is 1. The minimum Gasteiger partial charge on any atom is -0.358 e. The van der Waals surface area contributed by atoms with Crippen molar-refractivity contribution in [2.45, 2.75) is 18.2 Å². The van der Waals surface area contributed by atoms with Gasteiger partial charge in [0.05, 0.1) is 4.90 Å². The van der Waals surface area contributed by atoms with E-state index >= 15 is 0 Å². The van der Waals surface area contributed by atoms with Gasteiger partial charge in [0.2, 0.25) is 28.0 Å². The van der Waals surface area contributed by atoms with Crippen LogP contribution in [0, 0.1) is 28.4 Å². The summed E-state index contributed by atoms with van der Waals surface area (Å²) in [7, 11) is -2.30. The van der Waals surface area contributed by atoms with Gasteiger partial charge in [0.25, 0.3) is 5.91 Å². The van der Waals surface area contributed by atoms with Crippen LogP contribution >= 0.6 is 0 Å². The van der Waals surface area contributed by atoms with Crippen LogP contribution in [0.25, 0.3) is 0 Å². The summed E-state index contributed by atoms with van der Waals surface area (Å²) < 4.78 is 29.5. The van der Waals surface area contributed by atoms with Crippen molar-refractivity contribution in [3.05, 3.63) is 63.4 Å². The highest BCUT2D eigenvalue weighted by molar-refractivity contribution is 7.89. The Labute approximate surface area is 218 Å².